The Labute approximate surface area is 157 Å². The number of thiocarbonyl (C=S) groups is 1. The number of aliphatic carboxylic acids is 1. The molecule has 1 amide bonds. The monoisotopic (exact) mass is 398 g/mol. The van der Waals surface area contributed by atoms with Crippen LogP contribution in [0.1, 0.15) is 12.0 Å². The summed E-state index contributed by atoms with van der Waals surface area (Å²) in [5, 5.41) is 20.1. The summed E-state index contributed by atoms with van der Waals surface area (Å²) in [6, 6.07) is 4.72. The van der Waals surface area contributed by atoms with E-state index in [1.807, 2.05) is 6.26 Å². The normalized spacial score (nSPS) is 17.2. The van der Waals surface area contributed by atoms with Gasteiger partial charge in [0.15, 0.2) is 0 Å². The first-order valence-electron chi connectivity index (χ1n) is 7.08. The minimum absolute atomic E-state index is 0.0484. The van der Waals surface area contributed by atoms with Crippen molar-refractivity contribution in [2.45, 2.75) is 12.5 Å². The van der Waals surface area contributed by atoms with Crippen molar-refractivity contribution in [1.82, 2.24) is 4.90 Å². The fraction of sp³-hybridized carbons (Fsp3) is 0.267. The third kappa shape index (κ3) is 4.59. The summed E-state index contributed by atoms with van der Waals surface area (Å²) in [4.78, 5) is 35.7. The number of hydrogen-bond acceptors (Lipinski definition) is 7. The Morgan fingerprint density at radius 2 is 2.12 bits per heavy atom. The average molecular weight is 398 g/mol. The van der Waals surface area contributed by atoms with Crippen LogP contribution in [-0.2, 0) is 9.59 Å². The summed E-state index contributed by atoms with van der Waals surface area (Å²) in [6.45, 7) is 0. The van der Waals surface area contributed by atoms with Crippen LogP contribution in [0, 0.1) is 10.1 Å². The molecular weight excluding hydrogens is 384 g/mol. The lowest BCUT2D eigenvalue weighted by molar-refractivity contribution is -0.384. The Morgan fingerprint density at radius 1 is 1.48 bits per heavy atom. The molecule has 1 atom stereocenters. The van der Waals surface area contributed by atoms with Crippen molar-refractivity contribution < 1.29 is 19.6 Å². The van der Waals surface area contributed by atoms with Crippen molar-refractivity contribution in [3.05, 3.63) is 44.8 Å². The molecule has 0 aromatic heterocycles. The minimum atomic E-state index is -1.10. The minimum Gasteiger partial charge on any atom is -0.480 e. The van der Waals surface area contributed by atoms with Gasteiger partial charge in [-0.3, -0.25) is 19.8 Å². The molecule has 1 aromatic rings. The number of rotatable bonds is 7. The van der Waals surface area contributed by atoms with Gasteiger partial charge in [0.2, 0.25) is 0 Å². The van der Waals surface area contributed by atoms with Gasteiger partial charge in [0.05, 0.1) is 9.83 Å². The molecule has 1 fully saturated rings. The van der Waals surface area contributed by atoms with E-state index in [9.17, 15) is 24.8 Å². The van der Waals surface area contributed by atoms with Crippen molar-refractivity contribution in [3.8, 4) is 0 Å². The van der Waals surface area contributed by atoms with Crippen LogP contribution in [0.5, 0.6) is 0 Å². The van der Waals surface area contributed by atoms with Crippen molar-refractivity contribution in [2.24, 2.45) is 0 Å². The van der Waals surface area contributed by atoms with Crippen LogP contribution in [0.4, 0.5) is 5.69 Å². The molecular formula is C15H14N2O5S3. The maximum absolute atomic E-state index is 12.6. The van der Waals surface area contributed by atoms with Crippen LogP contribution in [-0.4, -0.2) is 49.2 Å². The van der Waals surface area contributed by atoms with E-state index in [1.54, 1.807) is 6.08 Å². The molecule has 0 saturated carbocycles. The Hall–Kier alpha value is -1.91. The molecule has 1 saturated heterocycles. The van der Waals surface area contributed by atoms with E-state index >= 15 is 0 Å². The van der Waals surface area contributed by atoms with Crippen molar-refractivity contribution >= 4 is 63.7 Å². The zero-order valence-corrected chi connectivity index (χ0v) is 15.5. The molecule has 10 heteroatoms. The van der Waals surface area contributed by atoms with Gasteiger partial charge >= 0.3 is 5.97 Å². The van der Waals surface area contributed by atoms with E-state index in [1.165, 1.54) is 36.0 Å². The number of hydrogen-bond donors (Lipinski definition) is 1. The number of thioether (sulfide) groups is 2. The molecule has 7 nitrogen and oxygen atoms in total. The predicted octanol–water partition coefficient (Wildman–Crippen LogP) is 3.00. The first-order chi connectivity index (χ1) is 11.8. The Morgan fingerprint density at radius 3 is 2.64 bits per heavy atom. The molecule has 1 aliphatic rings. The number of nitro groups is 1. The largest absolute Gasteiger partial charge is 0.480 e. The van der Waals surface area contributed by atoms with Crippen LogP contribution in [0.3, 0.4) is 0 Å². The fourth-order valence-corrected chi connectivity index (χ4v) is 4.00. The second kappa shape index (κ2) is 8.45. The van der Waals surface area contributed by atoms with Gasteiger partial charge < -0.3 is 5.11 Å². The lowest BCUT2D eigenvalue weighted by Gasteiger charge is -2.22. The summed E-state index contributed by atoms with van der Waals surface area (Å²) in [5.41, 5.74) is 0.551. The smallest absolute Gasteiger partial charge is 0.326 e. The molecule has 2 rings (SSSR count). The number of carbonyl (C=O) groups excluding carboxylic acids is 1. The van der Waals surface area contributed by atoms with Crippen molar-refractivity contribution in [1.29, 1.82) is 0 Å². The van der Waals surface area contributed by atoms with Crippen molar-refractivity contribution in [2.75, 3.05) is 12.0 Å². The van der Waals surface area contributed by atoms with E-state index in [0.29, 0.717) is 22.6 Å². The molecule has 1 N–H and O–H groups in total. The molecule has 0 bridgehead atoms. The van der Waals surface area contributed by atoms with Crippen LogP contribution in [0.15, 0.2) is 29.2 Å². The Kier molecular flexibility index (Phi) is 6.57. The van der Waals surface area contributed by atoms with Crippen LogP contribution >= 0.6 is 35.7 Å². The summed E-state index contributed by atoms with van der Waals surface area (Å²) in [5.74, 6) is -0.959. The average Bonchev–Trinajstić information content (AvgIpc) is 2.83. The molecule has 1 aromatic carbocycles. The van der Waals surface area contributed by atoms with Gasteiger partial charge in [0.1, 0.15) is 10.4 Å². The number of carboxylic acid groups (broad SMARTS) is 1. The quantitative estimate of drug-likeness (QED) is 0.324. The standard InChI is InChI=1S/C15H14N2O5S3/c1-24-7-6-11(14(19)20)16-13(18)12(25-15(16)23)8-9-2-4-10(5-3-9)17(21)22/h2-5,8,11H,6-7H2,1H3,(H,19,20)/b12-8+/t11-/m1/s1. The molecule has 25 heavy (non-hydrogen) atoms. The molecule has 0 unspecified atom stereocenters. The highest BCUT2D eigenvalue weighted by Crippen LogP contribution is 2.35. The third-order valence-electron chi connectivity index (χ3n) is 3.42. The second-order valence-corrected chi connectivity index (χ2v) is 7.70. The van der Waals surface area contributed by atoms with Crippen LogP contribution < -0.4 is 0 Å². The summed E-state index contributed by atoms with van der Waals surface area (Å²) >= 11 is 7.71. The molecule has 1 heterocycles. The molecule has 0 radical (unpaired) electrons. The highest BCUT2D eigenvalue weighted by Gasteiger charge is 2.40. The van der Waals surface area contributed by atoms with Gasteiger partial charge in [0, 0.05) is 12.1 Å². The SMILES string of the molecule is CSCC[C@H](C(=O)O)N1C(=O)/C(=C\c2ccc([N+](=O)[O-])cc2)SC1=S. The molecule has 132 valence electrons. The zero-order valence-electron chi connectivity index (χ0n) is 13.1. The van der Waals surface area contributed by atoms with Gasteiger partial charge in [0.25, 0.3) is 11.6 Å². The number of carboxylic acids is 1. The summed E-state index contributed by atoms with van der Waals surface area (Å²) in [7, 11) is 0. The van der Waals surface area contributed by atoms with Gasteiger partial charge in [-0.25, -0.2) is 4.79 Å². The highest BCUT2D eigenvalue weighted by atomic mass is 32.2. The topological polar surface area (TPSA) is 101 Å². The van der Waals surface area contributed by atoms with Crippen molar-refractivity contribution in [3.63, 3.8) is 0 Å². The van der Waals surface area contributed by atoms with Gasteiger partial charge in [-0.15, -0.1) is 0 Å². The lowest BCUT2D eigenvalue weighted by atomic mass is 10.1. The first-order valence-corrected chi connectivity index (χ1v) is 9.70. The molecule has 1 aliphatic heterocycles. The number of amides is 1. The molecule has 0 spiro atoms. The van der Waals surface area contributed by atoms with Gasteiger partial charge in [-0.1, -0.05) is 24.0 Å². The van der Waals surface area contributed by atoms with Gasteiger partial charge in [-0.05, 0) is 42.2 Å². The number of benzene rings is 1. The summed E-state index contributed by atoms with van der Waals surface area (Å²) < 4.78 is 0.201. The number of carbonyl (C=O) groups is 2. The van der Waals surface area contributed by atoms with E-state index in [4.69, 9.17) is 12.2 Å². The second-order valence-electron chi connectivity index (χ2n) is 5.04. The van der Waals surface area contributed by atoms with Crippen LogP contribution in [0.2, 0.25) is 0 Å². The van der Waals surface area contributed by atoms with Crippen LogP contribution in [0.25, 0.3) is 6.08 Å². The third-order valence-corrected chi connectivity index (χ3v) is 5.39. The number of non-ortho nitro benzene ring substituents is 1. The maximum Gasteiger partial charge on any atom is 0.326 e. The molecule has 0 aliphatic carbocycles. The van der Waals surface area contributed by atoms with E-state index in [2.05, 4.69) is 0 Å². The zero-order chi connectivity index (χ0) is 18.6. The van der Waals surface area contributed by atoms with Gasteiger partial charge in [-0.2, -0.15) is 11.8 Å². The Balaban J connectivity index is 2.24. The highest BCUT2D eigenvalue weighted by molar-refractivity contribution is 8.26. The first kappa shape index (κ1) is 19.4. The van der Waals surface area contributed by atoms with E-state index < -0.39 is 22.8 Å². The lowest BCUT2D eigenvalue weighted by Crippen LogP contribution is -2.44. The van der Waals surface area contributed by atoms with E-state index in [-0.39, 0.29) is 10.0 Å². The number of nitrogens with zero attached hydrogens (tertiary/aromatic N) is 2. The Bertz CT molecular complexity index is 748. The van der Waals surface area contributed by atoms with E-state index in [0.717, 1.165) is 16.7 Å². The summed E-state index contributed by atoms with van der Waals surface area (Å²) in [6.07, 6.45) is 3.71. The number of nitro benzene ring substituents is 1. The fourth-order valence-electron chi connectivity index (χ4n) is 2.18. The predicted molar refractivity (Wildman–Crippen MR) is 103 cm³/mol. The maximum atomic E-state index is 12.6.